The molecule has 10 heteroatoms. The number of carbonyl (C=O) groups is 1. The summed E-state index contributed by atoms with van der Waals surface area (Å²) in [6, 6.07) is 13.0. The van der Waals surface area contributed by atoms with Crippen LogP contribution in [0, 0.1) is 5.92 Å². The van der Waals surface area contributed by atoms with Crippen molar-refractivity contribution in [2.75, 3.05) is 13.7 Å². The maximum Gasteiger partial charge on any atom is 0.356 e. The standard InChI is InChI=1S/C30H30ClN5O4/c1-38-30(37)26-12-11-25-29(35-26)36(17-23-13-14-39-23)27(33-25)15-19-5-7-20(8-6-19)24-3-2-4-28(34-24)40-18-22-10-9-21(31)16-32-22/h2-4,7,9-12,16,19,23H,5-6,8,13-15,17-18H2,1H3. The van der Waals surface area contributed by atoms with Crippen LogP contribution >= 0.6 is 11.6 Å². The number of carbonyl (C=O) groups excluding carboxylic acids is 1. The first-order valence-corrected chi connectivity index (χ1v) is 13.9. The first-order chi connectivity index (χ1) is 19.6. The molecule has 0 bridgehead atoms. The molecule has 206 valence electrons. The van der Waals surface area contributed by atoms with Crippen LogP contribution in [0.5, 0.6) is 5.88 Å². The van der Waals surface area contributed by atoms with Crippen LogP contribution in [-0.4, -0.2) is 50.3 Å². The molecular weight excluding hydrogens is 530 g/mol. The zero-order valence-electron chi connectivity index (χ0n) is 22.3. The van der Waals surface area contributed by atoms with Gasteiger partial charge in [0.1, 0.15) is 17.9 Å². The van der Waals surface area contributed by atoms with E-state index in [-0.39, 0.29) is 11.8 Å². The average Bonchev–Trinajstić information content (AvgIpc) is 3.30. The highest BCUT2D eigenvalue weighted by molar-refractivity contribution is 6.30. The number of halogens is 1. The van der Waals surface area contributed by atoms with Crippen LogP contribution < -0.4 is 4.74 Å². The van der Waals surface area contributed by atoms with Gasteiger partial charge in [-0.25, -0.2) is 19.7 Å². The number of nitrogens with zero attached hydrogens (tertiary/aromatic N) is 5. The summed E-state index contributed by atoms with van der Waals surface area (Å²) in [7, 11) is 1.36. The Morgan fingerprint density at radius 1 is 1.12 bits per heavy atom. The van der Waals surface area contributed by atoms with Gasteiger partial charge < -0.3 is 18.8 Å². The van der Waals surface area contributed by atoms with Gasteiger partial charge in [-0.15, -0.1) is 0 Å². The Balaban J connectivity index is 1.15. The predicted octanol–water partition coefficient (Wildman–Crippen LogP) is 5.46. The van der Waals surface area contributed by atoms with E-state index in [4.69, 9.17) is 35.8 Å². The molecule has 1 saturated heterocycles. The van der Waals surface area contributed by atoms with Crippen LogP contribution in [0.25, 0.3) is 16.7 Å². The summed E-state index contributed by atoms with van der Waals surface area (Å²) in [5, 5.41) is 0.598. The third kappa shape index (κ3) is 5.85. The molecule has 4 aromatic heterocycles. The first kappa shape index (κ1) is 26.4. The van der Waals surface area contributed by atoms with Crippen molar-refractivity contribution in [3.05, 3.63) is 82.7 Å². The SMILES string of the molecule is COC(=O)c1ccc2nc(CC3CC=C(c4cccc(OCc5ccc(Cl)cn5)n4)CC3)n(CC3CCO3)c2n1. The lowest BCUT2D eigenvalue weighted by Crippen LogP contribution is -2.32. The van der Waals surface area contributed by atoms with Crippen LogP contribution in [0.2, 0.25) is 5.02 Å². The van der Waals surface area contributed by atoms with E-state index in [0.29, 0.717) is 35.6 Å². The monoisotopic (exact) mass is 559 g/mol. The fourth-order valence-corrected chi connectivity index (χ4v) is 5.24. The largest absolute Gasteiger partial charge is 0.471 e. The van der Waals surface area contributed by atoms with Gasteiger partial charge in [0, 0.05) is 25.3 Å². The summed E-state index contributed by atoms with van der Waals surface area (Å²) in [5.74, 6) is 1.54. The summed E-state index contributed by atoms with van der Waals surface area (Å²) >= 11 is 5.92. The molecule has 0 radical (unpaired) electrons. The molecule has 6 rings (SSSR count). The summed E-state index contributed by atoms with van der Waals surface area (Å²) < 4.78 is 18.6. The molecule has 5 heterocycles. The van der Waals surface area contributed by atoms with Gasteiger partial charge in [0.05, 0.1) is 36.2 Å². The number of hydrogen-bond acceptors (Lipinski definition) is 8. The van der Waals surface area contributed by atoms with Crippen LogP contribution in [0.15, 0.2) is 54.7 Å². The third-order valence-corrected chi connectivity index (χ3v) is 7.67. The van der Waals surface area contributed by atoms with Crippen LogP contribution in [-0.2, 0) is 29.0 Å². The zero-order chi connectivity index (χ0) is 27.5. The number of ether oxygens (including phenoxy) is 3. The van der Waals surface area contributed by atoms with Crippen molar-refractivity contribution >= 4 is 34.3 Å². The predicted molar refractivity (Wildman–Crippen MR) is 150 cm³/mol. The van der Waals surface area contributed by atoms with Crippen molar-refractivity contribution < 1.29 is 19.0 Å². The van der Waals surface area contributed by atoms with Gasteiger partial charge in [-0.1, -0.05) is 23.7 Å². The first-order valence-electron chi connectivity index (χ1n) is 13.5. The molecule has 2 aliphatic rings. The van der Waals surface area contributed by atoms with Gasteiger partial charge in [0.15, 0.2) is 11.3 Å². The lowest BCUT2D eigenvalue weighted by Gasteiger charge is -2.28. The van der Waals surface area contributed by atoms with Crippen molar-refractivity contribution in [1.82, 2.24) is 24.5 Å². The van der Waals surface area contributed by atoms with Gasteiger partial charge in [0.2, 0.25) is 5.88 Å². The second-order valence-corrected chi connectivity index (χ2v) is 10.6. The lowest BCUT2D eigenvalue weighted by atomic mass is 9.86. The Bertz CT molecular complexity index is 1550. The van der Waals surface area contributed by atoms with E-state index in [1.807, 2.05) is 30.3 Å². The lowest BCUT2D eigenvalue weighted by molar-refractivity contribution is -0.0591. The van der Waals surface area contributed by atoms with E-state index in [0.717, 1.165) is 61.4 Å². The Hall–Kier alpha value is -3.82. The fraction of sp³-hybridized carbons (Fsp3) is 0.367. The van der Waals surface area contributed by atoms with E-state index in [2.05, 4.69) is 20.6 Å². The summed E-state index contributed by atoms with van der Waals surface area (Å²) in [6.07, 6.45) is 8.77. The van der Waals surface area contributed by atoms with E-state index < -0.39 is 5.97 Å². The van der Waals surface area contributed by atoms with Gasteiger partial charge in [-0.2, -0.15) is 0 Å². The number of pyridine rings is 3. The zero-order valence-corrected chi connectivity index (χ0v) is 23.0. The molecule has 40 heavy (non-hydrogen) atoms. The maximum absolute atomic E-state index is 12.1. The molecule has 0 saturated carbocycles. The van der Waals surface area contributed by atoms with Gasteiger partial charge in [0.25, 0.3) is 0 Å². The number of methoxy groups -OCH3 is 1. The molecule has 0 aromatic carbocycles. The normalized spacial score (nSPS) is 18.7. The number of esters is 1. The number of hydrogen-bond donors (Lipinski definition) is 0. The molecule has 0 amide bonds. The van der Waals surface area contributed by atoms with Gasteiger partial charge in [-0.3, -0.25) is 4.98 Å². The van der Waals surface area contributed by atoms with Gasteiger partial charge in [-0.05, 0) is 67.5 Å². The highest BCUT2D eigenvalue weighted by Gasteiger charge is 2.25. The molecule has 1 fully saturated rings. The van der Waals surface area contributed by atoms with Crippen molar-refractivity contribution in [2.24, 2.45) is 5.92 Å². The van der Waals surface area contributed by atoms with Crippen molar-refractivity contribution in [1.29, 1.82) is 0 Å². The van der Waals surface area contributed by atoms with E-state index in [1.165, 1.54) is 12.7 Å². The summed E-state index contributed by atoms with van der Waals surface area (Å²) in [4.78, 5) is 30.6. The van der Waals surface area contributed by atoms with Gasteiger partial charge >= 0.3 is 5.97 Å². The second-order valence-electron chi connectivity index (χ2n) is 10.1. The molecule has 9 nitrogen and oxygen atoms in total. The smallest absolute Gasteiger partial charge is 0.356 e. The van der Waals surface area contributed by atoms with Crippen molar-refractivity contribution in [2.45, 2.75) is 51.4 Å². The molecular formula is C30H30ClN5O4. The van der Waals surface area contributed by atoms with Crippen molar-refractivity contribution in [3.63, 3.8) is 0 Å². The van der Waals surface area contributed by atoms with Crippen LogP contribution in [0.1, 0.15) is 53.4 Å². The molecule has 2 atom stereocenters. The van der Waals surface area contributed by atoms with E-state index in [9.17, 15) is 4.79 Å². The van der Waals surface area contributed by atoms with Crippen molar-refractivity contribution in [3.8, 4) is 5.88 Å². The number of rotatable bonds is 9. The minimum Gasteiger partial charge on any atom is -0.471 e. The topological polar surface area (TPSA) is 101 Å². The molecule has 2 unspecified atom stereocenters. The Morgan fingerprint density at radius 3 is 2.75 bits per heavy atom. The quantitative estimate of drug-likeness (QED) is 0.249. The minimum absolute atomic E-state index is 0.147. The maximum atomic E-state index is 12.1. The Morgan fingerprint density at radius 2 is 2.02 bits per heavy atom. The molecule has 0 N–H and O–H groups in total. The minimum atomic E-state index is -0.453. The molecule has 1 aliphatic heterocycles. The van der Waals surface area contributed by atoms with E-state index >= 15 is 0 Å². The van der Waals surface area contributed by atoms with Crippen LogP contribution in [0.3, 0.4) is 0 Å². The third-order valence-electron chi connectivity index (χ3n) is 7.45. The second kappa shape index (κ2) is 11.7. The summed E-state index contributed by atoms with van der Waals surface area (Å²) in [6.45, 7) is 1.79. The fourth-order valence-electron chi connectivity index (χ4n) is 5.13. The number of imidazole rings is 1. The summed E-state index contributed by atoms with van der Waals surface area (Å²) in [5.41, 5.74) is 4.73. The van der Waals surface area contributed by atoms with Crippen LogP contribution in [0.4, 0.5) is 0 Å². The molecule has 0 spiro atoms. The molecule has 4 aromatic rings. The Labute approximate surface area is 237 Å². The highest BCUT2D eigenvalue weighted by Crippen LogP contribution is 2.33. The number of fused-ring (bicyclic) bond motifs is 1. The number of aromatic nitrogens is 5. The highest BCUT2D eigenvalue weighted by atomic mass is 35.5. The molecule has 1 aliphatic carbocycles. The van der Waals surface area contributed by atoms with E-state index in [1.54, 1.807) is 18.3 Å². The number of allylic oxidation sites excluding steroid dienone is 2. The average molecular weight is 560 g/mol. The Kier molecular flexibility index (Phi) is 7.75.